The molecule has 9 nitrogen and oxygen atoms in total. The number of hydrogen-bond donors (Lipinski definition) is 0. The number of benzene rings is 4. The maximum absolute atomic E-state index is 13.4. The van der Waals surface area contributed by atoms with Crippen molar-refractivity contribution < 1.29 is 42.9 Å². The molecule has 5 rings (SSSR count). The number of ether oxygens (including phenoxy) is 5. The molecule has 0 amide bonds. The lowest BCUT2D eigenvalue weighted by molar-refractivity contribution is -0.224. The maximum Gasteiger partial charge on any atom is 0.338 e. The lowest BCUT2D eigenvalue weighted by Crippen LogP contribution is -2.61. The largest absolute Gasteiger partial charge is 0.459 e. The molecule has 0 aliphatic carbocycles. The smallest absolute Gasteiger partial charge is 0.338 e. The Balaban J connectivity index is 1.48. The topological polar surface area (TPSA) is 114 Å². The zero-order chi connectivity index (χ0) is 30.9. The summed E-state index contributed by atoms with van der Waals surface area (Å²) in [6.45, 7) is 1.29. The van der Waals surface area contributed by atoms with Gasteiger partial charge >= 0.3 is 23.9 Å². The lowest BCUT2D eigenvalue weighted by Gasteiger charge is -2.43. The summed E-state index contributed by atoms with van der Waals surface area (Å²) < 4.78 is 29.5. The first-order chi connectivity index (χ1) is 21.4. The number of carbonyl (C=O) groups excluding carboxylic acids is 4. The maximum atomic E-state index is 13.4. The minimum atomic E-state index is -1.33. The third kappa shape index (κ3) is 7.37. The van der Waals surface area contributed by atoms with Crippen LogP contribution < -0.4 is 0 Å². The Morgan fingerprint density at radius 2 is 0.841 bits per heavy atom. The van der Waals surface area contributed by atoms with Gasteiger partial charge in [-0.25, -0.2) is 19.2 Å². The average molecular weight is 595 g/mol. The summed E-state index contributed by atoms with van der Waals surface area (Å²) in [6, 6.07) is 33.1. The van der Waals surface area contributed by atoms with E-state index in [-0.39, 0.29) is 23.3 Å². The molecule has 4 aromatic rings. The van der Waals surface area contributed by atoms with Gasteiger partial charge in [-0.3, -0.25) is 0 Å². The van der Waals surface area contributed by atoms with Crippen LogP contribution in [0.1, 0.15) is 48.4 Å². The second-order valence-electron chi connectivity index (χ2n) is 10.1. The second-order valence-corrected chi connectivity index (χ2v) is 10.1. The molecule has 0 N–H and O–H groups in total. The summed E-state index contributed by atoms with van der Waals surface area (Å²) in [5.41, 5.74) is 1.05. The number of esters is 4. The molecule has 0 saturated carbocycles. The molecule has 4 aromatic carbocycles. The van der Waals surface area contributed by atoms with Crippen molar-refractivity contribution in [3.05, 3.63) is 144 Å². The minimum absolute atomic E-state index is 0.233. The zero-order valence-corrected chi connectivity index (χ0v) is 23.8. The molecule has 0 bridgehead atoms. The predicted octanol–water partition coefficient (Wildman–Crippen LogP) is 5.31. The van der Waals surface area contributed by atoms with E-state index in [4.69, 9.17) is 23.7 Å². The number of hydrogen-bond acceptors (Lipinski definition) is 9. The second kappa shape index (κ2) is 14.3. The van der Waals surface area contributed by atoms with E-state index in [0.29, 0.717) is 5.56 Å². The van der Waals surface area contributed by atoms with Gasteiger partial charge in [0.2, 0.25) is 0 Å². The molecule has 5 atom stereocenters. The van der Waals surface area contributed by atoms with E-state index in [1.165, 1.54) is 0 Å². The van der Waals surface area contributed by atoms with Gasteiger partial charge in [0.1, 0.15) is 12.7 Å². The first kappa shape index (κ1) is 30.2. The van der Waals surface area contributed by atoms with Gasteiger partial charge in [-0.15, -0.1) is 0 Å². The fraction of sp³-hybridized carbons (Fsp3) is 0.200. The van der Waals surface area contributed by atoms with Gasteiger partial charge in [-0.2, -0.15) is 0 Å². The van der Waals surface area contributed by atoms with Crippen LogP contribution in [0.2, 0.25) is 0 Å². The highest BCUT2D eigenvalue weighted by molar-refractivity contribution is 5.91. The van der Waals surface area contributed by atoms with Crippen LogP contribution in [0.25, 0.3) is 0 Å². The van der Waals surface area contributed by atoms with Gasteiger partial charge in [0.15, 0.2) is 18.3 Å². The Morgan fingerprint density at radius 1 is 0.500 bits per heavy atom. The Bertz CT molecular complexity index is 1560. The first-order valence-electron chi connectivity index (χ1n) is 14.1. The highest BCUT2D eigenvalue weighted by atomic mass is 16.7. The SMILES string of the molecule is C[C@H]1O[C@H](COC(=O)c2ccccc2)[C@@H](OC(=O)c2ccccc2)[C@H](OC(=O)c2ccccc2)[C@H]1OC(=O)c1ccccc1. The molecule has 0 aromatic heterocycles. The highest BCUT2D eigenvalue weighted by Crippen LogP contribution is 2.31. The van der Waals surface area contributed by atoms with Crippen molar-refractivity contribution in [3.63, 3.8) is 0 Å². The molecule has 1 aliphatic rings. The molecular weight excluding hydrogens is 564 g/mol. The monoisotopic (exact) mass is 594 g/mol. The van der Waals surface area contributed by atoms with Gasteiger partial charge in [0, 0.05) is 0 Å². The fourth-order valence-electron chi connectivity index (χ4n) is 4.78. The van der Waals surface area contributed by atoms with Crippen molar-refractivity contribution >= 4 is 23.9 Å². The third-order valence-electron chi connectivity index (χ3n) is 7.01. The van der Waals surface area contributed by atoms with Gasteiger partial charge in [0.25, 0.3) is 0 Å². The van der Waals surface area contributed by atoms with Crippen molar-refractivity contribution in [3.8, 4) is 0 Å². The molecule has 224 valence electrons. The van der Waals surface area contributed by atoms with Crippen molar-refractivity contribution in [2.75, 3.05) is 6.61 Å². The molecular formula is C35H30O9. The Morgan fingerprint density at radius 3 is 1.25 bits per heavy atom. The van der Waals surface area contributed by atoms with Crippen LogP contribution in [0, 0.1) is 0 Å². The summed E-state index contributed by atoms with van der Waals surface area (Å²) in [6.07, 6.45) is -5.78. The van der Waals surface area contributed by atoms with E-state index in [2.05, 4.69) is 0 Å². The Kier molecular flexibility index (Phi) is 9.78. The molecule has 1 saturated heterocycles. The van der Waals surface area contributed by atoms with Crippen molar-refractivity contribution in [1.82, 2.24) is 0 Å². The molecule has 0 unspecified atom stereocenters. The van der Waals surface area contributed by atoms with Crippen molar-refractivity contribution in [1.29, 1.82) is 0 Å². The van der Waals surface area contributed by atoms with Crippen molar-refractivity contribution in [2.45, 2.75) is 37.4 Å². The highest BCUT2D eigenvalue weighted by Gasteiger charge is 2.51. The summed E-state index contributed by atoms with van der Waals surface area (Å²) in [5, 5.41) is 0. The summed E-state index contributed by atoms with van der Waals surface area (Å²) in [5.74, 6) is -2.77. The average Bonchev–Trinajstić information content (AvgIpc) is 3.07. The van der Waals surface area contributed by atoms with Gasteiger partial charge < -0.3 is 23.7 Å². The summed E-state index contributed by atoms with van der Waals surface area (Å²) in [7, 11) is 0. The third-order valence-corrected chi connectivity index (χ3v) is 7.01. The van der Waals surface area contributed by atoms with E-state index in [1.807, 2.05) is 0 Å². The summed E-state index contributed by atoms with van der Waals surface area (Å²) in [4.78, 5) is 52.6. The Labute approximate surface area is 254 Å². The van der Waals surface area contributed by atoms with Gasteiger partial charge in [-0.1, -0.05) is 72.8 Å². The van der Waals surface area contributed by atoms with Gasteiger partial charge in [-0.05, 0) is 55.5 Å². The van der Waals surface area contributed by atoms with Crippen LogP contribution in [0.4, 0.5) is 0 Å². The van der Waals surface area contributed by atoms with Crippen LogP contribution in [0.15, 0.2) is 121 Å². The zero-order valence-electron chi connectivity index (χ0n) is 23.8. The Hall–Kier alpha value is -5.28. The van der Waals surface area contributed by atoms with Crippen LogP contribution in [0.5, 0.6) is 0 Å². The van der Waals surface area contributed by atoms with Crippen LogP contribution in [0.3, 0.4) is 0 Å². The normalized spacial score (nSPS) is 21.0. The molecule has 44 heavy (non-hydrogen) atoms. The number of carbonyl (C=O) groups is 4. The lowest BCUT2D eigenvalue weighted by atomic mass is 9.94. The van der Waals surface area contributed by atoms with E-state index < -0.39 is 54.4 Å². The molecule has 1 aliphatic heterocycles. The molecule has 1 fully saturated rings. The minimum Gasteiger partial charge on any atom is -0.459 e. The number of rotatable bonds is 9. The standard InChI is InChI=1S/C35H30O9/c1-23-29(42-33(37)25-16-8-3-9-17-25)31(44-35(39)27-20-12-5-13-21-27)30(43-34(38)26-18-10-4-11-19-26)28(41-23)22-40-32(36)24-14-6-2-7-15-24/h2-21,23,28-31H,22H2,1H3/t23-,28-,29+,30-,31-/m1/s1. The first-order valence-corrected chi connectivity index (χ1v) is 14.1. The molecule has 0 spiro atoms. The fourth-order valence-corrected chi connectivity index (χ4v) is 4.78. The van der Waals surface area contributed by atoms with Crippen molar-refractivity contribution in [2.24, 2.45) is 0 Å². The predicted molar refractivity (Wildman–Crippen MR) is 158 cm³/mol. The quantitative estimate of drug-likeness (QED) is 0.188. The van der Waals surface area contributed by atoms with E-state index in [1.54, 1.807) is 128 Å². The molecule has 0 radical (unpaired) electrons. The van der Waals surface area contributed by atoms with Crippen LogP contribution >= 0.6 is 0 Å². The van der Waals surface area contributed by atoms with E-state index in [9.17, 15) is 19.2 Å². The van der Waals surface area contributed by atoms with Crippen LogP contribution in [-0.2, 0) is 23.7 Å². The van der Waals surface area contributed by atoms with E-state index in [0.717, 1.165) is 0 Å². The molecule has 1 heterocycles. The summed E-state index contributed by atoms with van der Waals surface area (Å²) >= 11 is 0. The van der Waals surface area contributed by atoms with Crippen LogP contribution in [-0.4, -0.2) is 61.0 Å². The molecule has 9 heteroatoms. The van der Waals surface area contributed by atoms with Gasteiger partial charge in [0.05, 0.1) is 28.4 Å². The van der Waals surface area contributed by atoms with E-state index >= 15 is 0 Å².